The number of alkyl halides is 3. The molecule has 0 radical (unpaired) electrons. The van der Waals surface area contributed by atoms with Crippen LogP contribution in [0.15, 0.2) is 83.9 Å². The Kier molecular flexibility index (Phi) is 5.47. The van der Waals surface area contributed by atoms with Crippen molar-refractivity contribution in [2.45, 2.75) is 4.83 Å². The Morgan fingerprint density at radius 2 is 1.42 bits per heavy atom. The molecule has 0 N–H and O–H groups in total. The van der Waals surface area contributed by atoms with Crippen LogP contribution in [0.2, 0.25) is 0 Å². The van der Waals surface area contributed by atoms with Crippen molar-refractivity contribution in [1.29, 1.82) is 0 Å². The average molecular weight is 416 g/mol. The van der Waals surface area contributed by atoms with Crippen LogP contribution in [0.25, 0.3) is 11.1 Å². The third-order valence-electron chi connectivity index (χ3n) is 3.85. The summed E-state index contributed by atoms with van der Waals surface area (Å²) in [6, 6.07) is 23.3. The van der Waals surface area contributed by atoms with Crippen LogP contribution in [0, 0.1) is 0 Å². The van der Waals surface area contributed by atoms with Crippen molar-refractivity contribution in [2.24, 2.45) is 4.99 Å². The van der Waals surface area contributed by atoms with Gasteiger partial charge in [-0.1, -0.05) is 54.6 Å². The van der Waals surface area contributed by atoms with Crippen LogP contribution < -0.4 is 4.74 Å². The van der Waals surface area contributed by atoms with Gasteiger partial charge in [0.05, 0.1) is 12.8 Å². The minimum atomic E-state index is -3.25. The monoisotopic (exact) mass is 415 g/mol. The second kappa shape index (κ2) is 7.79. The average Bonchev–Trinajstić information content (AvgIpc) is 2.66. The second-order valence-corrected chi connectivity index (χ2v) is 6.60. The van der Waals surface area contributed by atoms with Crippen molar-refractivity contribution < 1.29 is 13.5 Å². The van der Waals surface area contributed by atoms with E-state index in [0.29, 0.717) is 17.0 Å². The van der Waals surface area contributed by atoms with E-state index in [-0.39, 0.29) is 5.71 Å². The van der Waals surface area contributed by atoms with Crippen LogP contribution in [0.1, 0.15) is 5.56 Å². The Morgan fingerprint density at radius 1 is 0.846 bits per heavy atom. The van der Waals surface area contributed by atoms with Gasteiger partial charge in [-0.25, -0.2) is 4.99 Å². The van der Waals surface area contributed by atoms with Gasteiger partial charge >= 0.3 is 4.83 Å². The van der Waals surface area contributed by atoms with E-state index in [0.717, 1.165) is 11.1 Å². The topological polar surface area (TPSA) is 21.6 Å². The molecule has 3 aromatic rings. The van der Waals surface area contributed by atoms with Crippen LogP contribution in [-0.2, 0) is 0 Å². The lowest BCUT2D eigenvalue weighted by Gasteiger charge is -2.13. The third-order valence-corrected chi connectivity index (χ3v) is 4.22. The molecule has 2 nitrogen and oxygen atoms in total. The SMILES string of the molecule is COc1ccc(N=C(c2ccc(-c3ccccc3)cc2)C(F)(F)Br)cc1. The molecule has 0 fully saturated rings. The fraction of sp³-hybridized carbons (Fsp3) is 0.0952. The first-order chi connectivity index (χ1) is 12.5. The molecule has 0 amide bonds. The van der Waals surface area contributed by atoms with Crippen LogP contribution in [0.5, 0.6) is 5.75 Å². The highest BCUT2D eigenvalue weighted by atomic mass is 79.9. The second-order valence-electron chi connectivity index (χ2n) is 5.60. The molecule has 0 heterocycles. The molecular weight excluding hydrogens is 400 g/mol. The molecule has 0 aliphatic carbocycles. The van der Waals surface area contributed by atoms with E-state index in [1.54, 1.807) is 43.5 Å². The normalized spacial score (nSPS) is 12.1. The van der Waals surface area contributed by atoms with E-state index >= 15 is 0 Å². The first-order valence-corrected chi connectivity index (χ1v) is 8.72. The molecule has 0 saturated heterocycles. The van der Waals surface area contributed by atoms with Crippen molar-refractivity contribution in [3.63, 3.8) is 0 Å². The number of halogens is 3. The van der Waals surface area contributed by atoms with Crippen LogP contribution in [-0.4, -0.2) is 17.7 Å². The highest BCUT2D eigenvalue weighted by molar-refractivity contribution is 9.10. The molecule has 0 aromatic heterocycles. The number of ether oxygens (including phenoxy) is 1. The minimum absolute atomic E-state index is 0.345. The summed E-state index contributed by atoms with van der Waals surface area (Å²) < 4.78 is 33.3. The standard InChI is InChI=1S/C21H16BrF2NO/c1-26-19-13-11-18(12-14-19)25-20(21(22,23)24)17-9-7-16(8-10-17)15-5-3-2-4-6-15/h2-14H,1H3. The first kappa shape index (κ1) is 18.3. The molecule has 3 rings (SSSR count). The van der Waals surface area contributed by atoms with Gasteiger partial charge in [0.25, 0.3) is 0 Å². The van der Waals surface area contributed by atoms with E-state index in [1.165, 1.54) is 0 Å². The lowest BCUT2D eigenvalue weighted by atomic mass is 10.0. The summed E-state index contributed by atoms with van der Waals surface area (Å²) in [6.45, 7) is 0. The number of hydrogen-bond acceptors (Lipinski definition) is 2. The third kappa shape index (κ3) is 4.35. The smallest absolute Gasteiger partial charge is 0.343 e. The summed E-state index contributed by atoms with van der Waals surface area (Å²) in [4.78, 5) is 0.893. The predicted molar refractivity (Wildman–Crippen MR) is 105 cm³/mol. The van der Waals surface area contributed by atoms with Gasteiger partial charge in [0, 0.05) is 5.56 Å². The maximum absolute atomic E-state index is 14.1. The molecule has 3 aromatic carbocycles. The number of aliphatic imine (C=N–C) groups is 1. The zero-order valence-corrected chi connectivity index (χ0v) is 15.6. The molecule has 5 heteroatoms. The molecule has 0 bridgehead atoms. The van der Waals surface area contributed by atoms with Crippen LogP contribution >= 0.6 is 15.9 Å². The molecule has 26 heavy (non-hydrogen) atoms. The summed E-state index contributed by atoms with van der Waals surface area (Å²) >= 11 is 2.44. The van der Waals surface area contributed by atoms with Gasteiger partial charge in [0.2, 0.25) is 0 Å². The minimum Gasteiger partial charge on any atom is -0.497 e. The van der Waals surface area contributed by atoms with Crippen LogP contribution in [0.3, 0.4) is 0 Å². The zero-order valence-electron chi connectivity index (χ0n) is 14.0. The summed E-state index contributed by atoms with van der Waals surface area (Å²) in [5.74, 6) is 0.642. The van der Waals surface area contributed by atoms with Gasteiger partial charge < -0.3 is 4.74 Å². The van der Waals surface area contributed by atoms with Gasteiger partial charge in [-0.2, -0.15) is 8.78 Å². The van der Waals surface area contributed by atoms with Crippen molar-refractivity contribution in [3.05, 3.63) is 84.4 Å². The van der Waals surface area contributed by atoms with Gasteiger partial charge in [0.1, 0.15) is 11.5 Å². The molecule has 0 aliphatic heterocycles. The van der Waals surface area contributed by atoms with E-state index in [2.05, 4.69) is 20.9 Å². The fourth-order valence-corrected chi connectivity index (χ4v) is 2.85. The first-order valence-electron chi connectivity index (χ1n) is 7.93. The molecule has 0 aliphatic rings. The molecule has 132 valence electrons. The fourth-order valence-electron chi connectivity index (χ4n) is 2.53. The quantitative estimate of drug-likeness (QED) is 0.345. The predicted octanol–water partition coefficient (Wildman–Crippen LogP) is 6.47. The largest absolute Gasteiger partial charge is 0.497 e. The van der Waals surface area contributed by atoms with Crippen molar-refractivity contribution >= 4 is 27.3 Å². The van der Waals surface area contributed by atoms with Gasteiger partial charge in [-0.3, -0.25) is 0 Å². The summed E-state index contributed by atoms with van der Waals surface area (Å²) in [5.41, 5.74) is 2.41. The maximum atomic E-state index is 14.1. The Labute approximate surface area is 159 Å². The van der Waals surface area contributed by atoms with E-state index in [1.807, 2.05) is 42.5 Å². The lowest BCUT2D eigenvalue weighted by molar-refractivity contribution is 0.194. The number of hydrogen-bond donors (Lipinski definition) is 0. The molecule has 0 spiro atoms. The van der Waals surface area contributed by atoms with E-state index in [4.69, 9.17) is 4.74 Å². The number of rotatable bonds is 5. The Morgan fingerprint density at radius 3 is 1.96 bits per heavy atom. The Balaban J connectivity index is 1.96. The molecule has 0 unspecified atom stereocenters. The van der Waals surface area contributed by atoms with Crippen LogP contribution in [0.4, 0.5) is 14.5 Å². The van der Waals surface area contributed by atoms with Crippen molar-refractivity contribution in [3.8, 4) is 16.9 Å². The zero-order chi connectivity index (χ0) is 18.6. The molecule has 0 atom stereocenters. The van der Waals surface area contributed by atoms with Crippen molar-refractivity contribution in [2.75, 3.05) is 7.11 Å². The van der Waals surface area contributed by atoms with Gasteiger partial charge in [0.15, 0.2) is 0 Å². The Bertz CT molecular complexity index is 886. The van der Waals surface area contributed by atoms with E-state index in [9.17, 15) is 8.78 Å². The number of benzene rings is 3. The number of methoxy groups -OCH3 is 1. The molecular formula is C21H16BrF2NO. The summed E-state index contributed by atoms with van der Waals surface area (Å²) in [6.07, 6.45) is 0. The summed E-state index contributed by atoms with van der Waals surface area (Å²) in [5, 5.41) is 0. The highest BCUT2D eigenvalue weighted by Crippen LogP contribution is 2.31. The molecule has 0 saturated carbocycles. The van der Waals surface area contributed by atoms with E-state index < -0.39 is 4.83 Å². The van der Waals surface area contributed by atoms with Gasteiger partial charge in [-0.15, -0.1) is 0 Å². The highest BCUT2D eigenvalue weighted by Gasteiger charge is 2.33. The number of nitrogens with zero attached hydrogens (tertiary/aromatic N) is 1. The summed E-state index contributed by atoms with van der Waals surface area (Å²) in [7, 11) is 1.55. The van der Waals surface area contributed by atoms with Gasteiger partial charge in [-0.05, 0) is 51.3 Å². The Hall–Kier alpha value is -2.53. The van der Waals surface area contributed by atoms with Crippen molar-refractivity contribution in [1.82, 2.24) is 0 Å². The maximum Gasteiger partial charge on any atom is 0.343 e. The lowest BCUT2D eigenvalue weighted by Crippen LogP contribution is -2.22.